The zero-order valence-electron chi connectivity index (χ0n) is 11.4. The molecule has 0 radical (unpaired) electrons. The number of benzene rings is 1. The van der Waals surface area contributed by atoms with Crippen molar-refractivity contribution in [1.29, 1.82) is 0 Å². The molecule has 108 valence electrons. The van der Waals surface area contributed by atoms with Crippen LogP contribution in [0.1, 0.15) is 30.6 Å². The Hall–Kier alpha value is -2.11. The number of nitrogens with one attached hydrogen (secondary N) is 1. The van der Waals surface area contributed by atoms with Crippen LogP contribution in [0.2, 0.25) is 0 Å². The van der Waals surface area contributed by atoms with Crippen LogP contribution in [0.15, 0.2) is 18.2 Å². The predicted molar refractivity (Wildman–Crippen MR) is 72.3 cm³/mol. The Bertz CT molecular complexity index is 557. The lowest BCUT2D eigenvalue weighted by Gasteiger charge is -2.20. The van der Waals surface area contributed by atoms with Gasteiger partial charge in [0.05, 0.1) is 11.3 Å². The summed E-state index contributed by atoms with van der Waals surface area (Å²) in [4.78, 5) is 24.5. The van der Waals surface area contributed by atoms with Crippen molar-refractivity contribution < 1.29 is 19.1 Å². The number of rotatable bonds is 2. The summed E-state index contributed by atoms with van der Waals surface area (Å²) in [5.74, 6) is -1.82. The molecule has 0 atom stereocenters. The summed E-state index contributed by atoms with van der Waals surface area (Å²) in [6, 6.07) is 2.91. The van der Waals surface area contributed by atoms with Crippen molar-refractivity contribution in [3.8, 4) is 0 Å². The minimum Gasteiger partial charge on any atom is -0.478 e. The van der Waals surface area contributed by atoms with Crippen LogP contribution in [0.5, 0.6) is 0 Å². The highest BCUT2D eigenvalue weighted by atomic mass is 19.1. The highest BCUT2D eigenvalue weighted by Gasteiger charge is 2.32. The first-order chi connectivity index (χ1) is 9.28. The molecule has 2 amide bonds. The predicted octanol–water partition coefficient (Wildman–Crippen LogP) is 2.79. The van der Waals surface area contributed by atoms with Crippen LogP contribution in [-0.4, -0.2) is 35.1 Å². The SMILES string of the molecule is CC1(C)CCN(C(=O)Nc2cc(C(=O)O)ccc2F)C1. The Labute approximate surface area is 116 Å². The number of amides is 2. The number of nitrogens with zero attached hydrogens (tertiary/aromatic N) is 1. The highest BCUT2D eigenvalue weighted by molar-refractivity contribution is 5.93. The lowest BCUT2D eigenvalue weighted by atomic mass is 9.93. The molecule has 20 heavy (non-hydrogen) atoms. The van der Waals surface area contributed by atoms with E-state index in [1.807, 2.05) is 0 Å². The molecule has 0 aliphatic carbocycles. The number of aromatic carboxylic acids is 1. The number of hydrogen-bond acceptors (Lipinski definition) is 2. The summed E-state index contributed by atoms with van der Waals surface area (Å²) >= 11 is 0. The van der Waals surface area contributed by atoms with Crippen molar-refractivity contribution in [3.63, 3.8) is 0 Å². The fourth-order valence-electron chi connectivity index (χ4n) is 2.23. The summed E-state index contributed by atoms with van der Waals surface area (Å²) < 4.78 is 13.6. The lowest BCUT2D eigenvalue weighted by Crippen LogP contribution is -2.34. The molecule has 1 saturated heterocycles. The zero-order chi connectivity index (χ0) is 14.9. The number of carbonyl (C=O) groups excluding carboxylic acids is 1. The van der Waals surface area contributed by atoms with Crippen LogP contribution in [-0.2, 0) is 0 Å². The summed E-state index contributed by atoms with van der Waals surface area (Å²) in [7, 11) is 0. The minimum atomic E-state index is -1.16. The molecule has 2 N–H and O–H groups in total. The van der Waals surface area contributed by atoms with E-state index in [1.165, 1.54) is 0 Å². The number of anilines is 1. The second-order valence-corrected chi connectivity index (χ2v) is 5.77. The molecule has 0 aromatic heterocycles. The maximum atomic E-state index is 13.6. The van der Waals surface area contributed by atoms with Gasteiger partial charge in [-0.3, -0.25) is 0 Å². The van der Waals surface area contributed by atoms with Gasteiger partial charge in [-0.15, -0.1) is 0 Å². The molecular weight excluding hydrogens is 263 g/mol. The minimum absolute atomic E-state index is 0.0544. The van der Waals surface area contributed by atoms with Crippen molar-refractivity contribution in [2.24, 2.45) is 5.41 Å². The Kier molecular flexibility index (Phi) is 3.65. The largest absolute Gasteiger partial charge is 0.478 e. The molecular formula is C14H17FN2O3. The average Bonchev–Trinajstić information content (AvgIpc) is 2.72. The molecule has 1 aromatic rings. The fourth-order valence-corrected chi connectivity index (χ4v) is 2.23. The summed E-state index contributed by atoms with van der Waals surface area (Å²) in [6.45, 7) is 5.33. The molecule has 1 fully saturated rings. The number of carbonyl (C=O) groups is 2. The Morgan fingerprint density at radius 3 is 2.65 bits per heavy atom. The molecule has 2 rings (SSSR count). The Balaban J connectivity index is 2.12. The molecule has 0 saturated carbocycles. The smallest absolute Gasteiger partial charge is 0.335 e. The van der Waals surface area contributed by atoms with Crippen molar-refractivity contribution in [3.05, 3.63) is 29.6 Å². The molecule has 0 bridgehead atoms. The molecule has 0 spiro atoms. The van der Waals surface area contributed by atoms with Gasteiger partial charge in [0.2, 0.25) is 0 Å². The molecule has 1 aliphatic heterocycles. The number of likely N-dealkylation sites (tertiary alicyclic amines) is 1. The first kappa shape index (κ1) is 14.3. The van der Waals surface area contributed by atoms with Crippen LogP contribution in [0.3, 0.4) is 0 Å². The monoisotopic (exact) mass is 280 g/mol. The van der Waals surface area contributed by atoms with Crippen LogP contribution < -0.4 is 5.32 Å². The number of hydrogen-bond donors (Lipinski definition) is 2. The van der Waals surface area contributed by atoms with Crippen LogP contribution in [0, 0.1) is 11.2 Å². The van der Waals surface area contributed by atoms with Gasteiger partial charge in [0.25, 0.3) is 0 Å². The van der Waals surface area contributed by atoms with Gasteiger partial charge in [-0.25, -0.2) is 14.0 Å². The third-order valence-electron chi connectivity index (χ3n) is 3.42. The number of halogens is 1. The lowest BCUT2D eigenvalue weighted by molar-refractivity contribution is 0.0697. The third kappa shape index (κ3) is 3.07. The Morgan fingerprint density at radius 1 is 1.40 bits per heavy atom. The zero-order valence-corrected chi connectivity index (χ0v) is 11.4. The average molecular weight is 280 g/mol. The van der Waals surface area contributed by atoms with E-state index in [9.17, 15) is 14.0 Å². The normalized spacial score (nSPS) is 17.1. The van der Waals surface area contributed by atoms with E-state index < -0.39 is 17.8 Å². The maximum absolute atomic E-state index is 13.6. The summed E-state index contributed by atoms with van der Waals surface area (Å²) in [5, 5.41) is 11.3. The van der Waals surface area contributed by atoms with Gasteiger partial charge in [0, 0.05) is 13.1 Å². The van der Waals surface area contributed by atoms with Gasteiger partial charge in [-0.05, 0) is 30.0 Å². The van der Waals surface area contributed by atoms with Crippen molar-refractivity contribution in [1.82, 2.24) is 4.90 Å². The number of urea groups is 1. The van der Waals surface area contributed by atoms with Crippen molar-refractivity contribution in [2.45, 2.75) is 20.3 Å². The first-order valence-electron chi connectivity index (χ1n) is 6.37. The first-order valence-corrected chi connectivity index (χ1v) is 6.37. The summed E-state index contributed by atoms with van der Waals surface area (Å²) in [5.41, 5.74) is -0.123. The van der Waals surface area contributed by atoms with Crippen LogP contribution >= 0.6 is 0 Å². The van der Waals surface area contributed by atoms with Gasteiger partial charge in [0.1, 0.15) is 5.82 Å². The second kappa shape index (κ2) is 5.11. The number of carboxylic acid groups (broad SMARTS) is 1. The van der Waals surface area contributed by atoms with Gasteiger partial charge >= 0.3 is 12.0 Å². The van der Waals surface area contributed by atoms with Crippen molar-refractivity contribution in [2.75, 3.05) is 18.4 Å². The van der Waals surface area contributed by atoms with Gasteiger partial charge < -0.3 is 15.3 Å². The van der Waals surface area contributed by atoms with Crippen LogP contribution in [0.25, 0.3) is 0 Å². The van der Waals surface area contributed by atoms with E-state index >= 15 is 0 Å². The molecule has 1 aromatic carbocycles. The third-order valence-corrected chi connectivity index (χ3v) is 3.42. The van der Waals surface area contributed by atoms with E-state index in [2.05, 4.69) is 19.2 Å². The van der Waals surface area contributed by atoms with Crippen molar-refractivity contribution >= 4 is 17.7 Å². The molecule has 1 aliphatic rings. The van der Waals surface area contributed by atoms with E-state index in [0.717, 1.165) is 24.6 Å². The topological polar surface area (TPSA) is 69.6 Å². The molecule has 6 heteroatoms. The maximum Gasteiger partial charge on any atom is 0.335 e. The number of carboxylic acids is 1. The van der Waals surface area contributed by atoms with Gasteiger partial charge in [0.15, 0.2) is 0 Å². The standard InChI is InChI=1S/C14H17FN2O3/c1-14(2)5-6-17(8-14)13(20)16-11-7-9(12(18)19)3-4-10(11)15/h3-4,7H,5-6,8H2,1-2H3,(H,16,20)(H,18,19). The van der Waals surface area contributed by atoms with E-state index in [4.69, 9.17) is 5.11 Å². The molecule has 1 heterocycles. The van der Waals surface area contributed by atoms with E-state index in [0.29, 0.717) is 13.1 Å². The summed E-state index contributed by atoms with van der Waals surface area (Å²) in [6.07, 6.45) is 0.887. The highest BCUT2D eigenvalue weighted by Crippen LogP contribution is 2.29. The van der Waals surface area contributed by atoms with Crippen LogP contribution in [0.4, 0.5) is 14.9 Å². The van der Waals surface area contributed by atoms with E-state index in [-0.39, 0.29) is 16.7 Å². The Morgan fingerprint density at radius 2 is 2.10 bits per heavy atom. The van der Waals surface area contributed by atoms with E-state index in [1.54, 1.807) is 4.90 Å². The van der Waals surface area contributed by atoms with Gasteiger partial charge in [-0.2, -0.15) is 0 Å². The molecule has 0 unspecified atom stereocenters. The quantitative estimate of drug-likeness (QED) is 0.875. The fraction of sp³-hybridized carbons (Fsp3) is 0.429. The molecule has 5 nitrogen and oxygen atoms in total. The second-order valence-electron chi connectivity index (χ2n) is 5.77. The van der Waals surface area contributed by atoms with Gasteiger partial charge in [-0.1, -0.05) is 13.8 Å².